The minimum Gasteiger partial charge on any atom is -0.326 e. The zero-order valence-electron chi connectivity index (χ0n) is 17.6. The number of carbonyl (C=O) groups excluding carboxylic acids is 3. The number of anilines is 3. The number of amides is 3. The van der Waals surface area contributed by atoms with Crippen molar-refractivity contribution in [2.45, 2.75) is 26.2 Å². The number of aromatic nitrogens is 1. The van der Waals surface area contributed by atoms with E-state index in [1.807, 2.05) is 37.4 Å². The molecule has 0 spiro atoms. The number of thiazole rings is 1. The molecular weight excluding hydrogens is 412 g/mol. The van der Waals surface area contributed by atoms with Crippen LogP contribution in [-0.2, 0) is 15.0 Å². The average Bonchev–Trinajstić information content (AvgIpc) is 3.25. The molecule has 0 atom stereocenters. The summed E-state index contributed by atoms with van der Waals surface area (Å²) in [6.45, 7) is 5.25. The van der Waals surface area contributed by atoms with Crippen LogP contribution in [0.1, 0.15) is 36.7 Å². The molecule has 3 amide bonds. The van der Waals surface area contributed by atoms with E-state index in [0.717, 1.165) is 22.5 Å². The second-order valence-corrected chi connectivity index (χ2v) is 8.83. The number of rotatable bonds is 4. The first kappa shape index (κ1) is 20.7. The second-order valence-electron chi connectivity index (χ2n) is 7.98. The molecule has 0 fully saturated rings. The summed E-state index contributed by atoms with van der Waals surface area (Å²) in [5.74, 6) is -0.449. The van der Waals surface area contributed by atoms with Crippen molar-refractivity contribution in [3.8, 4) is 11.3 Å². The number of fused-ring (bicyclic) bond motifs is 1. The quantitative estimate of drug-likeness (QED) is 0.641. The number of benzene rings is 2. The molecule has 8 heteroatoms. The molecule has 2 aromatic carbocycles. The molecule has 31 heavy (non-hydrogen) atoms. The van der Waals surface area contributed by atoms with Crippen LogP contribution in [0.5, 0.6) is 0 Å². The fraction of sp³-hybridized carbons (Fsp3) is 0.217. The normalized spacial score (nSPS) is 14.3. The van der Waals surface area contributed by atoms with Crippen molar-refractivity contribution in [1.82, 2.24) is 4.98 Å². The molecule has 1 aliphatic rings. The van der Waals surface area contributed by atoms with Gasteiger partial charge < -0.3 is 10.2 Å². The van der Waals surface area contributed by atoms with Crippen molar-refractivity contribution in [2.24, 2.45) is 0 Å². The van der Waals surface area contributed by atoms with Gasteiger partial charge >= 0.3 is 0 Å². The van der Waals surface area contributed by atoms with Crippen LogP contribution in [0.3, 0.4) is 0 Å². The third-order valence-electron chi connectivity index (χ3n) is 5.34. The Morgan fingerprint density at radius 2 is 1.87 bits per heavy atom. The third-order valence-corrected chi connectivity index (χ3v) is 6.09. The van der Waals surface area contributed by atoms with Gasteiger partial charge in [-0.15, -0.1) is 11.3 Å². The number of nitrogens with zero attached hydrogens (tertiary/aromatic N) is 2. The van der Waals surface area contributed by atoms with Crippen LogP contribution in [0.25, 0.3) is 11.3 Å². The topological polar surface area (TPSA) is 91.4 Å². The molecule has 158 valence electrons. The molecule has 2 N–H and O–H groups in total. The summed E-state index contributed by atoms with van der Waals surface area (Å²) in [6, 6.07) is 12.6. The van der Waals surface area contributed by atoms with Crippen LogP contribution in [0.4, 0.5) is 16.5 Å². The van der Waals surface area contributed by atoms with Crippen molar-refractivity contribution in [3.63, 3.8) is 0 Å². The van der Waals surface area contributed by atoms with Gasteiger partial charge in [0, 0.05) is 41.9 Å². The van der Waals surface area contributed by atoms with Crippen molar-refractivity contribution in [1.29, 1.82) is 0 Å². The standard InChI is InChI=1S/C23H22N4O3S/c1-13(28)24-16-7-5-6-15(10-16)20(29)26-22-25-18(12-31-22)14-8-9-19-17(11-14)23(2,3)21(30)27(19)4/h5-12H,1-4H3,(H,24,28)(H,25,26,29). The molecule has 4 rings (SSSR count). The molecule has 0 unspecified atom stereocenters. The van der Waals surface area contributed by atoms with E-state index in [9.17, 15) is 14.4 Å². The van der Waals surface area contributed by atoms with E-state index in [1.165, 1.54) is 18.3 Å². The highest BCUT2D eigenvalue weighted by molar-refractivity contribution is 7.14. The van der Waals surface area contributed by atoms with Gasteiger partial charge in [-0.25, -0.2) is 4.98 Å². The number of likely N-dealkylation sites (N-methyl/N-ethyl adjacent to an activating group) is 1. The minimum atomic E-state index is -0.591. The highest BCUT2D eigenvalue weighted by Gasteiger charge is 2.42. The van der Waals surface area contributed by atoms with Crippen LogP contribution in [0.2, 0.25) is 0 Å². The molecule has 7 nitrogen and oxygen atoms in total. The fourth-order valence-corrected chi connectivity index (χ4v) is 4.42. The highest BCUT2D eigenvalue weighted by Crippen LogP contribution is 2.42. The van der Waals surface area contributed by atoms with Crippen LogP contribution in [0.15, 0.2) is 47.8 Å². The van der Waals surface area contributed by atoms with Crippen molar-refractivity contribution in [3.05, 3.63) is 59.0 Å². The summed E-state index contributed by atoms with van der Waals surface area (Å²) in [5, 5.41) is 7.81. The minimum absolute atomic E-state index is 0.0624. The van der Waals surface area contributed by atoms with Gasteiger partial charge in [0.05, 0.1) is 11.1 Å². The van der Waals surface area contributed by atoms with Gasteiger partial charge in [-0.2, -0.15) is 0 Å². The first-order valence-electron chi connectivity index (χ1n) is 9.74. The molecule has 2 heterocycles. The van der Waals surface area contributed by atoms with E-state index in [2.05, 4.69) is 15.6 Å². The van der Waals surface area contributed by atoms with E-state index < -0.39 is 5.41 Å². The Labute approximate surface area is 184 Å². The molecule has 0 radical (unpaired) electrons. The molecule has 0 aliphatic carbocycles. The number of hydrogen-bond acceptors (Lipinski definition) is 5. The van der Waals surface area contributed by atoms with Gasteiger partial charge in [-0.3, -0.25) is 19.7 Å². The van der Waals surface area contributed by atoms with E-state index >= 15 is 0 Å². The highest BCUT2D eigenvalue weighted by atomic mass is 32.1. The Bertz CT molecular complexity index is 1220. The third kappa shape index (κ3) is 3.82. The van der Waals surface area contributed by atoms with E-state index in [0.29, 0.717) is 16.4 Å². The fourth-order valence-electron chi connectivity index (χ4n) is 3.71. The Hall–Kier alpha value is -3.52. The van der Waals surface area contributed by atoms with Gasteiger partial charge in [-0.1, -0.05) is 12.1 Å². The van der Waals surface area contributed by atoms with Crippen molar-refractivity contribution in [2.75, 3.05) is 22.6 Å². The predicted molar refractivity (Wildman–Crippen MR) is 123 cm³/mol. The summed E-state index contributed by atoms with van der Waals surface area (Å²) >= 11 is 1.33. The SMILES string of the molecule is CC(=O)Nc1cccc(C(=O)Nc2nc(-c3ccc4c(c3)C(C)(C)C(=O)N4C)cs2)c1. The van der Waals surface area contributed by atoms with Gasteiger partial charge in [-0.05, 0) is 49.7 Å². The largest absolute Gasteiger partial charge is 0.326 e. The first-order chi connectivity index (χ1) is 14.7. The molecule has 0 bridgehead atoms. The lowest BCUT2D eigenvalue weighted by Gasteiger charge is -2.16. The molecule has 0 saturated heterocycles. The Morgan fingerprint density at radius 3 is 2.61 bits per heavy atom. The summed E-state index contributed by atoms with van der Waals surface area (Å²) in [4.78, 5) is 42.6. The molecular formula is C23H22N4O3S. The van der Waals surface area contributed by atoms with E-state index in [-0.39, 0.29) is 17.7 Å². The molecule has 0 saturated carbocycles. The number of hydrogen-bond donors (Lipinski definition) is 2. The maximum atomic E-state index is 12.6. The van der Waals surface area contributed by atoms with Crippen LogP contribution >= 0.6 is 11.3 Å². The van der Waals surface area contributed by atoms with Gasteiger partial charge in [0.2, 0.25) is 11.8 Å². The summed E-state index contributed by atoms with van der Waals surface area (Å²) in [5.41, 5.74) is 3.87. The Balaban J connectivity index is 1.55. The number of carbonyl (C=O) groups is 3. The zero-order chi connectivity index (χ0) is 22.3. The smallest absolute Gasteiger partial charge is 0.257 e. The molecule has 1 aliphatic heterocycles. The van der Waals surface area contributed by atoms with Crippen LogP contribution in [0, 0.1) is 0 Å². The lowest BCUT2D eigenvalue weighted by molar-refractivity contribution is -0.121. The Kier molecular flexibility index (Phi) is 5.10. The molecule has 3 aromatic rings. The van der Waals surface area contributed by atoms with E-state index in [1.54, 1.807) is 36.2 Å². The van der Waals surface area contributed by atoms with Crippen molar-refractivity contribution < 1.29 is 14.4 Å². The number of nitrogens with one attached hydrogen (secondary N) is 2. The zero-order valence-corrected chi connectivity index (χ0v) is 18.5. The lowest BCUT2D eigenvalue weighted by Crippen LogP contribution is -2.33. The maximum Gasteiger partial charge on any atom is 0.257 e. The van der Waals surface area contributed by atoms with Crippen LogP contribution in [-0.4, -0.2) is 29.8 Å². The van der Waals surface area contributed by atoms with Crippen LogP contribution < -0.4 is 15.5 Å². The van der Waals surface area contributed by atoms with Crippen molar-refractivity contribution >= 4 is 45.6 Å². The summed E-state index contributed by atoms with van der Waals surface area (Å²) in [6.07, 6.45) is 0. The predicted octanol–water partition coefficient (Wildman–Crippen LogP) is 4.27. The first-order valence-corrected chi connectivity index (χ1v) is 10.6. The van der Waals surface area contributed by atoms with Gasteiger partial charge in [0.1, 0.15) is 0 Å². The average molecular weight is 435 g/mol. The lowest BCUT2D eigenvalue weighted by atomic mass is 9.85. The molecule has 1 aromatic heterocycles. The van der Waals surface area contributed by atoms with E-state index in [4.69, 9.17) is 0 Å². The monoisotopic (exact) mass is 434 g/mol. The van der Waals surface area contributed by atoms with Gasteiger partial charge in [0.25, 0.3) is 5.91 Å². The maximum absolute atomic E-state index is 12.6. The summed E-state index contributed by atoms with van der Waals surface area (Å²) < 4.78 is 0. The summed E-state index contributed by atoms with van der Waals surface area (Å²) in [7, 11) is 1.78. The second kappa shape index (κ2) is 7.63. The van der Waals surface area contributed by atoms with Gasteiger partial charge in [0.15, 0.2) is 5.13 Å². The Morgan fingerprint density at radius 1 is 1.10 bits per heavy atom.